The second-order valence-corrected chi connectivity index (χ2v) is 5.23. The van der Waals surface area contributed by atoms with E-state index in [0.29, 0.717) is 17.1 Å². The summed E-state index contributed by atoms with van der Waals surface area (Å²) in [5.74, 6) is -0.297. The van der Waals surface area contributed by atoms with Crippen molar-refractivity contribution >= 4 is 5.69 Å². The van der Waals surface area contributed by atoms with Gasteiger partial charge in [0.25, 0.3) is 0 Å². The zero-order valence-electron chi connectivity index (χ0n) is 12.0. The molecule has 0 aliphatic carbocycles. The summed E-state index contributed by atoms with van der Waals surface area (Å²) in [5, 5.41) is 4.50. The average molecular weight is 281 g/mol. The van der Waals surface area contributed by atoms with Gasteiger partial charge in [-0.3, -0.25) is 0 Å². The van der Waals surface area contributed by atoms with E-state index in [1.165, 1.54) is 12.1 Å². The standard InChI is InChI=1S/C17H16FN3/c1-11-6-12(2)8-13(7-11)17-16(19)10-21(20-17)15-5-3-4-14(18)9-15/h3-10H,19H2,1-2H3. The van der Waals surface area contributed by atoms with Crippen molar-refractivity contribution in [2.24, 2.45) is 0 Å². The largest absolute Gasteiger partial charge is 0.396 e. The molecule has 3 rings (SSSR count). The highest BCUT2D eigenvalue weighted by Gasteiger charge is 2.11. The van der Waals surface area contributed by atoms with Crippen LogP contribution in [-0.2, 0) is 0 Å². The Morgan fingerprint density at radius 2 is 1.76 bits per heavy atom. The fraction of sp³-hybridized carbons (Fsp3) is 0.118. The third-order valence-corrected chi connectivity index (χ3v) is 3.31. The second-order valence-electron chi connectivity index (χ2n) is 5.23. The molecule has 0 atom stereocenters. The van der Waals surface area contributed by atoms with Crippen molar-refractivity contribution in [2.75, 3.05) is 5.73 Å². The van der Waals surface area contributed by atoms with Gasteiger partial charge in [-0.2, -0.15) is 5.10 Å². The van der Waals surface area contributed by atoms with Crippen LogP contribution in [0.2, 0.25) is 0 Å². The molecule has 1 aromatic heterocycles. The highest BCUT2D eigenvalue weighted by Crippen LogP contribution is 2.27. The number of aryl methyl sites for hydroxylation is 2. The van der Waals surface area contributed by atoms with E-state index in [2.05, 4.69) is 11.2 Å². The van der Waals surface area contributed by atoms with E-state index < -0.39 is 0 Å². The molecule has 0 saturated heterocycles. The molecule has 0 spiro atoms. The predicted octanol–water partition coefficient (Wildman–Crippen LogP) is 3.88. The minimum atomic E-state index is -0.297. The van der Waals surface area contributed by atoms with Gasteiger partial charge in [0, 0.05) is 5.56 Å². The van der Waals surface area contributed by atoms with Crippen molar-refractivity contribution in [3.05, 3.63) is 65.6 Å². The van der Waals surface area contributed by atoms with E-state index >= 15 is 0 Å². The van der Waals surface area contributed by atoms with Gasteiger partial charge >= 0.3 is 0 Å². The number of anilines is 1. The average Bonchev–Trinajstić information content (AvgIpc) is 2.80. The molecule has 0 fully saturated rings. The molecule has 4 heteroatoms. The Kier molecular flexibility index (Phi) is 3.22. The van der Waals surface area contributed by atoms with E-state index in [4.69, 9.17) is 5.73 Å². The van der Waals surface area contributed by atoms with Gasteiger partial charge in [-0.05, 0) is 44.2 Å². The Morgan fingerprint density at radius 1 is 1.05 bits per heavy atom. The van der Waals surface area contributed by atoms with Gasteiger partial charge in [-0.25, -0.2) is 9.07 Å². The van der Waals surface area contributed by atoms with E-state index in [-0.39, 0.29) is 5.82 Å². The van der Waals surface area contributed by atoms with Crippen LogP contribution in [0.1, 0.15) is 11.1 Å². The molecule has 3 aromatic rings. The Balaban J connectivity index is 2.09. The smallest absolute Gasteiger partial charge is 0.125 e. The van der Waals surface area contributed by atoms with Crippen molar-refractivity contribution in [1.29, 1.82) is 0 Å². The monoisotopic (exact) mass is 281 g/mol. The molecule has 0 aliphatic heterocycles. The van der Waals surface area contributed by atoms with Crippen LogP contribution >= 0.6 is 0 Å². The lowest BCUT2D eigenvalue weighted by molar-refractivity contribution is 0.625. The Bertz CT molecular complexity index is 785. The summed E-state index contributed by atoms with van der Waals surface area (Å²) in [5.41, 5.74) is 11.3. The number of nitrogen functional groups attached to an aromatic ring is 1. The number of rotatable bonds is 2. The van der Waals surface area contributed by atoms with E-state index in [1.54, 1.807) is 23.0 Å². The molecule has 2 aromatic carbocycles. The Labute approximate surface area is 122 Å². The lowest BCUT2D eigenvalue weighted by Crippen LogP contribution is -1.95. The Hall–Kier alpha value is -2.62. The molecule has 106 valence electrons. The van der Waals surface area contributed by atoms with E-state index in [1.807, 2.05) is 26.0 Å². The summed E-state index contributed by atoms with van der Waals surface area (Å²) in [6, 6.07) is 12.5. The zero-order chi connectivity index (χ0) is 15.0. The summed E-state index contributed by atoms with van der Waals surface area (Å²) in [7, 11) is 0. The molecular formula is C17H16FN3. The topological polar surface area (TPSA) is 43.8 Å². The molecule has 1 heterocycles. The molecular weight excluding hydrogens is 265 g/mol. The van der Waals surface area contributed by atoms with Gasteiger partial charge in [0.05, 0.1) is 17.6 Å². The van der Waals surface area contributed by atoms with Crippen LogP contribution in [0.15, 0.2) is 48.7 Å². The molecule has 2 N–H and O–H groups in total. The van der Waals surface area contributed by atoms with Crippen molar-refractivity contribution in [3.63, 3.8) is 0 Å². The van der Waals surface area contributed by atoms with Crippen molar-refractivity contribution in [2.45, 2.75) is 13.8 Å². The van der Waals surface area contributed by atoms with Gasteiger partial charge in [-0.15, -0.1) is 0 Å². The lowest BCUT2D eigenvalue weighted by atomic mass is 10.0. The number of nitrogens with two attached hydrogens (primary N) is 1. The minimum absolute atomic E-state index is 0.297. The first kappa shape index (κ1) is 13.4. The van der Waals surface area contributed by atoms with Crippen molar-refractivity contribution < 1.29 is 4.39 Å². The van der Waals surface area contributed by atoms with Crippen LogP contribution in [0.25, 0.3) is 16.9 Å². The minimum Gasteiger partial charge on any atom is -0.396 e. The zero-order valence-corrected chi connectivity index (χ0v) is 12.0. The third kappa shape index (κ3) is 2.65. The number of aromatic nitrogens is 2. The van der Waals surface area contributed by atoms with Crippen LogP contribution in [0.3, 0.4) is 0 Å². The fourth-order valence-electron chi connectivity index (χ4n) is 2.47. The van der Waals surface area contributed by atoms with Gasteiger partial charge in [-0.1, -0.05) is 23.3 Å². The highest BCUT2D eigenvalue weighted by atomic mass is 19.1. The number of hydrogen-bond donors (Lipinski definition) is 1. The van der Waals surface area contributed by atoms with Crippen molar-refractivity contribution in [1.82, 2.24) is 9.78 Å². The Morgan fingerprint density at radius 3 is 2.43 bits per heavy atom. The molecule has 0 amide bonds. The summed E-state index contributed by atoms with van der Waals surface area (Å²) in [6.45, 7) is 4.08. The second kappa shape index (κ2) is 5.05. The van der Waals surface area contributed by atoms with Crippen LogP contribution in [0, 0.1) is 19.7 Å². The van der Waals surface area contributed by atoms with Gasteiger partial charge in [0.2, 0.25) is 0 Å². The first-order valence-corrected chi connectivity index (χ1v) is 6.73. The molecule has 0 saturated carbocycles. The number of halogens is 1. The van der Waals surface area contributed by atoms with Crippen LogP contribution in [0.4, 0.5) is 10.1 Å². The summed E-state index contributed by atoms with van der Waals surface area (Å²) in [4.78, 5) is 0. The number of benzene rings is 2. The number of hydrogen-bond acceptors (Lipinski definition) is 2. The number of nitrogens with zero attached hydrogens (tertiary/aromatic N) is 2. The lowest BCUT2D eigenvalue weighted by Gasteiger charge is -2.03. The fourth-order valence-corrected chi connectivity index (χ4v) is 2.47. The summed E-state index contributed by atoms with van der Waals surface area (Å²) >= 11 is 0. The van der Waals surface area contributed by atoms with Gasteiger partial charge < -0.3 is 5.73 Å². The molecule has 0 aliphatic rings. The van der Waals surface area contributed by atoms with E-state index in [9.17, 15) is 4.39 Å². The molecule has 3 nitrogen and oxygen atoms in total. The van der Waals surface area contributed by atoms with Crippen LogP contribution in [-0.4, -0.2) is 9.78 Å². The molecule has 21 heavy (non-hydrogen) atoms. The molecule has 0 bridgehead atoms. The van der Waals surface area contributed by atoms with Crippen LogP contribution < -0.4 is 5.73 Å². The first-order valence-electron chi connectivity index (χ1n) is 6.73. The maximum absolute atomic E-state index is 13.3. The normalized spacial score (nSPS) is 10.8. The maximum Gasteiger partial charge on any atom is 0.125 e. The van der Waals surface area contributed by atoms with E-state index in [0.717, 1.165) is 16.7 Å². The molecule has 0 radical (unpaired) electrons. The third-order valence-electron chi connectivity index (χ3n) is 3.31. The van der Waals surface area contributed by atoms with Crippen LogP contribution in [0.5, 0.6) is 0 Å². The predicted molar refractivity (Wildman–Crippen MR) is 82.8 cm³/mol. The highest BCUT2D eigenvalue weighted by molar-refractivity contribution is 5.73. The maximum atomic E-state index is 13.3. The summed E-state index contributed by atoms with van der Waals surface area (Å²) in [6.07, 6.45) is 1.71. The molecule has 0 unspecified atom stereocenters. The SMILES string of the molecule is Cc1cc(C)cc(-c2nn(-c3cccc(F)c3)cc2N)c1. The quantitative estimate of drug-likeness (QED) is 0.774. The van der Waals surface area contributed by atoms with Gasteiger partial charge in [0.1, 0.15) is 11.5 Å². The van der Waals surface area contributed by atoms with Gasteiger partial charge in [0.15, 0.2) is 0 Å². The summed E-state index contributed by atoms with van der Waals surface area (Å²) < 4.78 is 14.9. The first-order chi connectivity index (χ1) is 10.0. The van der Waals surface area contributed by atoms with Crippen molar-refractivity contribution in [3.8, 4) is 16.9 Å².